The Morgan fingerprint density at radius 2 is 1.04 bits per heavy atom. The third-order valence-corrected chi connectivity index (χ3v) is 9.96. The molecule has 0 aliphatic heterocycles. The van der Waals surface area contributed by atoms with E-state index < -0.39 is 18.0 Å². The molecule has 0 amide bonds. The van der Waals surface area contributed by atoms with Crippen LogP contribution in [0.15, 0.2) is 12.1 Å². The molecular formula is C20H39NO3Ti. The summed E-state index contributed by atoms with van der Waals surface area (Å²) in [4.78, 5) is 0. The fourth-order valence-corrected chi connectivity index (χ4v) is 7.82. The SMILES string of the molecule is CC[O][Ti]([O]CC)([O]CC)[n]1c(C(C)(C)CC)ccc1C(C)(C)CC. The van der Waals surface area contributed by atoms with E-state index in [0.717, 1.165) is 12.8 Å². The molecule has 0 radical (unpaired) electrons. The molecule has 5 heteroatoms. The summed E-state index contributed by atoms with van der Waals surface area (Å²) in [5.41, 5.74) is 2.59. The van der Waals surface area contributed by atoms with Gasteiger partial charge >= 0.3 is 160 Å². The maximum absolute atomic E-state index is 6.32. The molecule has 1 heterocycles. The predicted molar refractivity (Wildman–Crippen MR) is 101 cm³/mol. The van der Waals surface area contributed by atoms with Gasteiger partial charge in [-0.05, 0) is 0 Å². The third-order valence-electron chi connectivity index (χ3n) is 5.29. The van der Waals surface area contributed by atoms with Gasteiger partial charge < -0.3 is 0 Å². The molecule has 4 nitrogen and oxygen atoms in total. The van der Waals surface area contributed by atoms with E-state index in [4.69, 9.17) is 9.96 Å². The van der Waals surface area contributed by atoms with E-state index in [-0.39, 0.29) is 10.8 Å². The Balaban J connectivity index is 3.77. The fourth-order valence-electron chi connectivity index (χ4n) is 3.02. The van der Waals surface area contributed by atoms with Crippen LogP contribution in [0.4, 0.5) is 0 Å². The quantitative estimate of drug-likeness (QED) is 0.460. The Labute approximate surface area is 160 Å². The molecule has 1 aromatic heterocycles. The molecular weight excluding hydrogens is 350 g/mol. The van der Waals surface area contributed by atoms with Crippen molar-refractivity contribution in [1.82, 2.24) is 3.05 Å². The summed E-state index contributed by atoms with van der Waals surface area (Å²) < 4.78 is 21.3. The Bertz CT molecular complexity index is 487. The number of aromatic nitrogens is 1. The van der Waals surface area contributed by atoms with E-state index in [1.54, 1.807) is 0 Å². The summed E-state index contributed by atoms with van der Waals surface area (Å²) in [6.07, 6.45) is 2.09. The second-order valence-electron chi connectivity index (χ2n) is 7.74. The average Bonchev–Trinajstić information content (AvgIpc) is 3.03. The van der Waals surface area contributed by atoms with Crippen molar-refractivity contribution >= 4 is 0 Å². The normalized spacial score (nSPS) is 13.5. The van der Waals surface area contributed by atoms with Crippen molar-refractivity contribution in [2.45, 2.75) is 86.0 Å². The number of hydrogen-bond acceptors (Lipinski definition) is 3. The minimum atomic E-state index is -3.68. The van der Waals surface area contributed by atoms with Crippen LogP contribution in [-0.2, 0) is 38.8 Å². The van der Waals surface area contributed by atoms with E-state index >= 15 is 0 Å². The molecule has 1 aromatic rings. The zero-order chi connectivity index (χ0) is 19.3. The third kappa shape index (κ3) is 4.78. The van der Waals surface area contributed by atoms with Crippen LogP contribution in [0.5, 0.6) is 0 Å². The summed E-state index contributed by atoms with van der Waals surface area (Å²) in [5.74, 6) is 0. The molecule has 0 fully saturated rings. The van der Waals surface area contributed by atoms with Gasteiger partial charge in [-0.2, -0.15) is 0 Å². The first-order valence-electron chi connectivity index (χ1n) is 9.80. The molecule has 0 atom stereocenters. The topological polar surface area (TPSA) is 32.6 Å². The first-order valence-corrected chi connectivity index (χ1v) is 12.4. The Morgan fingerprint density at radius 3 is 1.28 bits per heavy atom. The van der Waals surface area contributed by atoms with Crippen molar-refractivity contribution in [1.29, 1.82) is 0 Å². The van der Waals surface area contributed by atoms with Crippen molar-refractivity contribution in [3.63, 3.8) is 0 Å². The zero-order valence-corrected chi connectivity index (χ0v) is 19.4. The zero-order valence-electron chi connectivity index (χ0n) is 17.9. The van der Waals surface area contributed by atoms with Gasteiger partial charge in [-0.25, -0.2) is 0 Å². The molecule has 0 unspecified atom stereocenters. The van der Waals surface area contributed by atoms with Crippen LogP contribution < -0.4 is 0 Å². The van der Waals surface area contributed by atoms with Crippen LogP contribution in [0.25, 0.3) is 0 Å². The van der Waals surface area contributed by atoms with Crippen LogP contribution in [0.1, 0.15) is 86.5 Å². The Kier molecular flexibility index (Phi) is 8.42. The predicted octanol–water partition coefficient (Wildman–Crippen LogP) is 5.63. The molecule has 25 heavy (non-hydrogen) atoms. The van der Waals surface area contributed by atoms with Crippen LogP contribution in [0, 0.1) is 0 Å². The Hall–Kier alpha value is -0.126. The standard InChI is InChI=1S/C14H24N.3C2H5O.Ti/c1-7-13(3,4)11-9-10-12(15-11)14(5,6)8-2;3*1-2-3;/h9-10H,7-8H2,1-6H3;3*2H2,1H3;/q4*-1;+4. The summed E-state index contributed by atoms with van der Waals surface area (Å²) in [6, 6.07) is 4.51. The minimum absolute atomic E-state index is 0.0316. The molecule has 0 spiro atoms. The Morgan fingerprint density at radius 1 is 0.720 bits per heavy atom. The van der Waals surface area contributed by atoms with E-state index in [1.165, 1.54) is 11.4 Å². The average molecular weight is 389 g/mol. The van der Waals surface area contributed by atoms with Gasteiger partial charge in [-0.15, -0.1) is 0 Å². The van der Waals surface area contributed by atoms with Crippen molar-refractivity contribution in [2.24, 2.45) is 0 Å². The summed E-state index contributed by atoms with van der Waals surface area (Å²) in [6.45, 7) is 21.5. The van der Waals surface area contributed by atoms with Gasteiger partial charge in [0, 0.05) is 0 Å². The fraction of sp³-hybridized carbons (Fsp3) is 0.800. The molecule has 0 aliphatic rings. The van der Waals surface area contributed by atoms with E-state index in [2.05, 4.69) is 56.7 Å². The molecule has 0 aliphatic carbocycles. The molecule has 1 rings (SSSR count). The number of nitrogens with zero attached hydrogens (tertiary/aromatic N) is 1. The van der Waals surface area contributed by atoms with Crippen molar-refractivity contribution in [3.8, 4) is 0 Å². The first kappa shape index (κ1) is 22.9. The number of hydrogen-bond donors (Lipinski definition) is 0. The maximum atomic E-state index is 6.32. The summed E-state index contributed by atoms with van der Waals surface area (Å²) in [5, 5.41) is 0. The van der Waals surface area contributed by atoms with Gasteiger partial charge in [-0.3, -0.25) is 0 Å². The van der Waals surface area contributed by atoms with E-state index in [0.29, 0.717) is 19.8 Å². The molecule has 0 aromatic carbocycles. The second kappa shape index (κ2) is 9.19. The van der Waals surface area contributed by atoms with Crippen molar-refractivity contribution in [2.75, 3.05) is 19.8 Å². The molecule has 146 valence electrons. The molecule has 0 N–H and O–H groups in total. The monoisotopic (exact) mass is 389 g/mol. The van der Waals surface area contributed by atoms with E-state index in [1.807, 2.05) is 20.8 Å². The van der Waals surface area contributed by atoms with Crippen molar-refractivity contribution in [3.05, 3.63) is 23.5 Å². The van der Waals surface area contributed by atoms with Gasteiger partial charge in [-0.1, -0.05) is 0 Å². The van der Waals surface area contributed by atoms with Gasteiger partial charge in [0.15, 0.2) is 0 Å². The molecule has 0 saturated carbocycles. The van der Waals surface area contributed by atoms with Crippen LogP contribution in [-0.4, -0.2) is 22.9 Å². The van der Waals surface area contributed by atoms with Gasteiger partial charge in [0.1, 0.15) is 0 Å². The first-order chi connectivity index (χ1) is 11.7. The second-order valence-corrected chi connectivity index (χ2v) is 11.4. The van der Waals surface area contributed by atoms with Crippen LogP contribution in [0.3, 0.4) is 0 Å². The van der Waals surface area contributed by atoms with E-state index in [9.17, 15) is 0 Å². The van der Waals surface area contributed by atoms with Crippen LogP contribution >= 0.6 is 0 Å². The van der Waals surface area contributed by atoms with Gasteiger partial charge in [0.2, 0.25) is 0 Å². The summed E-state index contributed by atoms with van der Waals surface area (Å²) >= 11 is -3.68. The summed E-state index contributed by atoms with van der Waals surface area (Å²) in [7, 11) is 0. The van der Waals surface area contributed by atoms with Gasteiger partial charge in [0.25, 0.3) is 0 Å². The number of rotatable bonds is 11. The van der Waals surface area contributed by atoms with Crippen LogP contribution in [0.2, 0.25) is 0 Å². The molecule has 0 bridgehead atoms. The van der Waals surface area contributed by atoms with Gasteiger partial charge in [0.05, 0.1) is 0 Å². The molecule has 0 saturated heterocycles. The van der Waals surface area contributed by atoms with Crippen molar-refractivity contribution < 1.29 is 28.0 Å².